The second kappa shape index (κ2) is 5.59. The van der Waals surface area contributed by atoms with Gasteiger partial charge in [-0.25, -0.2) is 4.68 Å². The molecule has 3 rings (SSSR count). The maximum atomic E-state index is 12.7. The Morgan fingerprint density at radius 1 is 1.27 bits per heavy atom. The van der Waals surface area contributed by atoms with Crippen LogP contribution in [0.3, 0.4) is 0 Å². The van der Waals surface area contributed by atoms with Crippen LogP contribution in [0.2, 0.25) is 0 Å². The van der Waals surface area contributed by atoms with Crippen molar-refractivity contribution in [1.29, 1.82) is 0 Å². The van der Waals surface area contributed by atoms with E-state index in [4.69, 9.17) is 0 Å². The summed E-state index contributed by atoms with van der Waals surface area (Å²) in [6, 6.07) is 7.11. The van der Waals surface area contributed by atoms with Gasteiger partial charge in [-0.3, -0.25) is 9.59 Å². The molecule has 2 heterocycles. The maximum absolute atomic E-state index is 12.7. The zero-order valence-electron chi connectivity index (χ0n) is 12.1. The SMILES string of the molecule is C[C@@H]1CN(C(=O)c2ccccc2-n2ccnn2)C[C@H]1C(=O)O. The molecule has 1 aliphatic heterocycles. The standard InChI is InChI=1S/C15H16N4O3/c1-10-8-18(9-12(10)15(21)22)14(20)11-4-2-3-5-13(11)19-7-6-16-17-19/h2-7,10,12H,8-9H2,1H3,(H,21,22)/t10-,12-/m1/s1. The van der Waals surface area contributed by atoms with Crippen LogP contribution in [0.1, 0.15) is 17.3 Å². The number of carbonyl (C=O) groups excluding carboxylic acids is 1. The fourth-order valence-corrected chi connectivity index (χ4v) is 2.82. The lowest BCUT2D eigenvalue weighted by molar-refractivity contribution is -0.142. The molecule has 1 fully saturated rings. The normalized spacial score (nSPS) is 21.0. The van der Waals surface area contributed by atoms with Gasteiger partial charge in [0, 0.05) is 13.1 Å². The molecule has 0 aliphatic carbocycles. The van der Waals surface area contributed by atoms with E-state index >= 15 is 0 Å². The molecule has 1 aliphatic rings. The predicted octanol–water partition coefficient (Wildman–Crippen LogP) is 1.06. The summed E-state index contributed by atoms with van der Waals surface area (Å²) in [7, 11) is 0. The van der Waals surface area contributed by atoms with Gasteiger partial charge in [-0.1, -0.05) is 24.3 Å². The van der Waals surface area contributed by atoms with Crippen LogP contribution in [0.25, 0.3) is 5.69 Å². The first-order chi connectivity index (χ1) is 10.6. The molecule has 114 valence electrons. The van der Waals surface area contributed by atoms with Crippen molar-refractivity contribution in [3.05, 3.63) is 42.2 Å². The summed E-state index contributed by atoms with van der Waals surface area (Å²) in [6.07, 6.45) is 3.21. The molecule has 0 unspecified atom stereocenters. The van der Waals surface area contributed by atoms with Crippen molar-refractivity contribution >= 4 is 11.9 Å². The molecular formula is C15H16N4O3. The molecule has 0 spiro atoms. The number of rotatable bonds is 3. The molecule has 2 atom stereocenters. The van der Waals surface area contributed by atoms with Crippen molar-refractivity contribution in [2.45, 2.75) is 6.92 Å². The van der Waals surface area contributed by atoms with E-state index in [0.29, 0.717) is 17.8 Å². The highest BCUT2D eigenvalue weighted by Crippen LogP contribution is 2.26. The number of nitrogens with zero attached hydrogens (tertiary/aromatic N) is 4. The van der Waals surface area contributed by atoms with E-state index < -0.39 is 11.9 Å². The van der Waals surface area contributed by atoms with E-state index in [9.17, 15) is 14.7 Å². The third-order valence-electron chi connectivity index (χ3n) is 4.02. The Bertz CT molecular complexity index is 699. The summed E-state index contributed by atoms with van der Waals surface area (Å²) in [5, 5.41) is 16.9. The van der Waals surface area contributed by atoms with E-state index in [0.717, 1.165) is 0 Å². The Morgan fingerprint density at radius 3 is 2.68 bits per heavy atom. The summed E-state index contributed by atoms with van der Waals surface area (Å²) in [5.41, 5.74) is 1.13. The van der Waals surface area contributed by atoms with Gasteiger partial charge in [0.25, 0.3) is 5.91 Å². The quantitative estimate of drug-likeness (QED) is 0.915. The number of carboxylic acids is 1. The van der Waals surface area contributed by atoms with Crippen molar-refractivity contribution in [3.8, 4) is 5.69 Å². The highest BCUT2D eigenvalue weighted by atomic mass is 16.4. The molecule has 0 bridgehead atoms. The second-order valence-electron chi connectivity index (χ2n) is 5.50. The van der Waals surface area contributed by atoms with Gasteiger partial charge in [0.15, 0.2) is 0 Å². The Balaban J connectivity index is 1.90. The smallest absolute Gasteiger partial charge is 0.308 e. The van der Waals surface area contributed by atoms with Crippen LogP contribution in [0.4, 0.5) is 0 Å². The molecule has 2 aromatic rings. The van der Waals surface area contributed by atoms with Crippen LogP contribution in [0, 0.1) is 11.8 Å². The average Bonchev–Trinajstić information content (AvgIpc) is 3.15. The van der Waals surface area contributed by atoms with Crippen molar-refractivity contribution in [3.63, 3.8) is 0 Å². The predicted molar refractivity (Wildman–Crippen MR) is 77.6 cm³/mol. The number of carbonyl (C=O) groups is 2. The Hall–Kier alpha value is -2.70. The number of benzene rings is 1. The molecular weight excluding hydrogens is 284 g/mol. The van der Waals surface area contributed by atoms with Crippen molar-refractivity contribution in [2.24, 2.45) is 11.8 Å². The van der Waals surface area contributed by atoms with Gasteiger partial charge in [-0.05, 0) is 18.1 Å². The van der Waals surface area contributed by atoms with Crippen LogP contribution in [-0.4, -0.2) is 50.0 Å². The number of likely N-dealkylation sites (tertiary alicyclic amines) is 1. The molecule has 1 aromatic carbocycles. The van der Waals surface area contributed by atoms with Gasteiger partial charge in [0.1, 0.15) is 0 Å². The Labute approximate surface area is 127 Å². The van der Waals surface area contributed by atoms with Crippen LogP contribution < -0.4 is 0 Å². The molecule has 1 aromatic heterocycles. The number of para-hydroxylation sites is 1. The van der Waals surface area contributed by atoms with Crippen LogP contribution in [0.5, 0.6) is 0 Å². The van der Waals surface area contributed by atoms with E-state index in [2.05, 4.69) is 10.3 Å². The minimum Gasteiger partial charge on any atom is -0.481 e. The summed E-state index contributed by atoms with van der Waals surface area (Å²) in [6.45, 7) is 2.54. The number of aromatic nitrogens is 3. The monoisotopic (exact) mass is 300 g/mol. The zero-order chi connectivity index (χ0) is 15.7. The van der Waals surface area contributed by atoms with Crippen molar-refractivity contribution in [1.82, 2.24) is 19.9 Å². The van der Waals surface area contributed by atoms with E-state index in [1.54, 1.807) is 35.5 Å². The lowest BCUT2D eigenvalue weighted by Gasteiger charge is -2.18. The first-order valence-electron chi connectivity index (χ1n) is 7.05. The van der Waals surface area contributed by atoms with E-state index in [-0.39, 0.29) is 18.4 Å². The van der Waals surface area contributed by atoms with E-state index in [1.807, 2.05) is 13.0 Å². The second-order valence-corrected chi connectivity index (χ2v) is 5.50. The molecule has 1 N–H and O–H groups in total. The average molecular weight is 300 g/mol. The third kappa shape index (κ3) is 2.45. The van der Waals surface area contributed by atoms with Gasteiger partial charge < -0.3 is 10.0 Å². The Kier molecular flexibility index (Phi) is 3.62. The van der Waals surface area contributed by atoms with Crippen LogP contribution in [-0.2, 0) is 4.79 Å². The number of hydrogen-bond acceptors (Lipinski definition) is 4. The highest BCUT2D eigenvalue weighted by molar-refractivity contribution is 5.98. The van der Waals surface area contributed by atoms with Crippen molar-refractivity contribution < 1.29 is 14.7 Å². The first kappa shape index (κ1) is 14.2. The van der Waals surface area contributed by atoms with Crippen molar-refractivity contribution in [2.75, 3.05) is 13.1 Å². The molecule has 0 radical (unpaired) electrons. The first-order valence-corrected chi connectivity index (χ1v) is 7.05. The van der Waals surface area contributed by atoms with Crippen LogP contribution >= 0.6 is 0 Å². The van der Waals surface area contributed by atoms with Gasteiger partial charge in [0.2, 0.25) is 0 Å². The number of hydrogen-bond donors (Lipinski definition) is 1. The van der Waals surface area contributed by atoms with Gasteiger partial charge in [-0.15, -0.1) is 5.10 Å². The molecule has 0 saturated carbocycles. The maximum Gasteiger partial charge on any atom is 0.308 e. The summed E-state index contributed by atoms with van der Waals surface area (Å²) in [4.78, 5) is 25.6. The lowest BCUT2D eigenvalue weighted by Crippen LogP contribution is -2.30. The summed E-state index contributed by atoms with van der Waals surface area (Å²) >= 11 is 0. The zero-order valence-corrected chi connectivity index (χ0v) is 12.1. The van der Waals surface area contributed by atoms with E-state index in [1.165, 1.54) is 4.68 Å². The molecule has 1 amide bonds. The highest BCUT2D eigenvalue weighted by Gasteiger charge is 2.37. The third-order valence-corrected chi connectivity index (χ3v) is 4.02. The fraction of sp³-hybridized carbons (Fsp3) is 0.333. The largest absolute Gasteiger partial charge is 0.481 e. The molecule has 1 saturated heterocycles. The van der Waals surface area contributed by atoms with Crippen LogP contribution in [0.15, 0.2) is 36.7 Å². The van der Waals surface area contributed by atoms with Gasteiger partial charge in [-0.2, -0.15) is 0 Å². The molecule has 7 heteroatoms. The minimum atomic E-state index is -0.854. The topological polar surface area (TPSA) is 88.3 Å². The number of amides is 1. The molecule has 7 nitrogen and oxygen atoms in total. The Morgan fingerprint density at radius 2 is 2.05 bits per heavy atom. The molecule has 22 heavy (non-hydrogen) atoms. The fourth-order valence-electron chi connectivity index (χ4n) is 2.82. The number of carboxylic acid groups (broad SMARTS) is 1. The lowest BCUT2D eigenvalue weighted by atomic mass is 9.99. The number of aliphatic carboxylic acids is 1. The summed E-state index contributed by atoms with van der Waals surface area (Å²) < 4.78 is 1.53. The minimum absolute atomic E-state index is 0.0556. The van der Waals surface area contributed by atoms with Gasteiger partial charge in [0.05, 0.1) is 29.6 Å². The van der Waals surface area contributed by atoms with Gasteiger partial charge >= 0.3 is 5.97 Å². The summed E-state index contributed by atoms with van der Waals surface area (Å²) in [5.74, 6) is -1.60.